The quantitative estimate of drug-likeness (QED) is 0.841. The molecule has 1 N–H and O–H groups in total. The van der Waals surface area contributed by atoms with Gasteiger partial charge in [-0.15, -0.1) is 0 Å². The average Bonchev–Trinajstić information content (AvgIpc) is 3.08. The number of nitrogens with zero attached hydrogens (tertiary/aromatic N) is 1. The first-order chi connectivity index (χ1) is 13.0. The third kappa shape index (κ3) is 4.57. The van der Waals surface area contributed by atoms with Crippen LogP contribution in [0.3, 0.4) is 0 Å². The smallest absolute Gasteiger partial charge is 0.227 e. The van der Waals surface area contributed by atoms with Gasteiger partial charge in [0, 0.05) is 25.2 Å². The molecule has 2 amide bonds. The van der Waals surface area contributed by atoms with Crippen molar-refractivity contribution in [1.29, 1.82) is 0 Å². The van der Waals surface area contributed by atoms with Crippen LogP contribution in [0.15, 0.2) is 48.5 Å². The second-order valence-corrected chi connectivity index (χ2v) is 7.54. The maximum Gasteiger partial charge on any atom is 0.227 e. The summed E-state index contributed by atoms with van der Waals surface area (Å²) in [5.74, 6) is 0.165. The van der Waals surface area contributed by atoms with Gasteiger partial charge in [0.05, 0.1) is 5.92 Å². The number of hydrogen-bond acceptors (Lipinski definition) is 2. The van der Waals surface area contributed by atoms with Gasteiger partial charge in [0.1, 0.15) is 0 Å². The molecule has 27 heavy (non-hydrogen) atoms. The van der Waals surface area contributed by atoms with Crippen LogP contribution >= 0.6 is 0 Å². The Labute approximate surface area is 161 Å². The highest BCUT2D eigenvalue weighted by Gasteiger charge is 2.34. The molecular formula is C23H28N2O2. The molecule has 4 nitrogen and oxygen atoms in total. The summed E-state index contributed by atoms with van der Waals surface area (Å²) >= 11 is 0. The lowest BCUT2D eigenvalue weighted by Gasteiger charge is -2.17. The summed E-state index contributed by atoms with van der Waals surface area (Å²) in [4.78, 5) is 26.6. The van der Waals surface area contributed by atoms with E-state index in [9.17, 15) is 9.59 Å². The van der Waals surface area contributed by atoms with E-state index in [0.29, 0.717) is 19.0 Å². The Kier molecular flexibility index (Phi) is 5.94. The van der Waals surface area contributed by atoms with Gasteiger partial charge in [-0.25, -0.2) is 0 Å². The summed E-state index contributed by atoms with van der Waals surface area (Å²) < 4.78 is 0. The van der Waals surface area contributed by atoms with E-state index in [2.05, 4.69) is 50.4 Å². The van der Waals surface area contributed by atoms with Crippen molar-refractivity contribution in [2.75, 3.05) is 11.4 Å². The minimum atomic E-state index is -0.293. The lowest BCUT2D eigenvalue weighted by atomic mass is 10.0. The van der Waals surface area contributed by atoms with Crippen LogP contribution in [-0.2, 0) is 22.6 Å². The second kappa shape index (κ2) is 8.38. The standard InChI is InChI=1S/C23H28N2O2/c1-4-17-7-11-21(12-8-17)25-15-20(13-22(25)26)23(27)24-14-18-5-9-19(10-6-18)16(2)3/h5-12,16,20H,4,13-15H2,1-3H3,(H,24,27)/t20-/m1/s1. The summed E-state index contributed by atoms with van der Waals surface area (Å²) in [5, 5.41) is 2.98. The van der Waals surface area contributed by atoms with Crippen LogP contribution in [0.5, 0.6) is 0 Å². The highest BCUT2D eigenvalue weighted by molar-refractivity contribution is 6.00. The fourth-order valence-corrected chi connectivity index (χ4v) is 3.40. The number of benzene rings is 2. The van der Waals surface area contributed by atoms with Gasteiger partial charge >= 0.3 is 0 Å². The van der Waals surface area contributed by atoms with Crippen LogP contribution < -0.4 is 10.2 Å². The molecule has 0 bridgehead atoms. The molecule has 2 aromatic rings. The van der Waals surface area contributed by atoms with Crippen LogP contribution in [0.1, 0.15) is 49.8 Å². The molecule has 1 fully saturated rings. The van der Waals surface area contributed by atoms with Crippen LogP contribution in [0.25, 0.3) is 0 Å². The van der Waals surface area contributed by atoms with E-state index in [1.54, 1.807) is 4.90 Å². The molecular weight excluding hydrogens is 336 g/mol. The highest BCUT2D eigenvalue weighted by Crippen LogP contribution is 2.25. The average molecular weight is 364 g/mol. The molecule has 0 spiro atoms. The fraction of sp³-hybridized carbons (Fsp3) is 0.391. The number of hydrogen-bond donors (Lipinski definition) is 1. The molecule has 0 radical (unpaired) electrons. The third-order valence-corrected chi connectivity index (χ3v) is 5.27. The summed E-state index contributed by atoms with van der Waals surface area (Å²) in [6, 6.07) is 16.3. The summed E-state index contributed by atoms with van der Waals surface area (Å²) in [7, 11) is 0. The Morgan fingerprint density at radius 2 is 1.70 bits per heavy atom. The van der Waals surface area contributed by atoms with Gasteiger partial charge in [-0.3, -0.25) is 9.59 Å². The lowest BCUT2D eigenvalue weighted by molar-refractivity contribution is -0.126. The van der Waals surface area contributed by atoms with Gasteiger partial charge in [-0.05, 0) is 41.2 Å². The normalized spacial score (nSPS) is 16.8. The minimum Gasteiger partial charge on any atom is -0.352 e. The van der Waals surface area contributed by atoms with E-state index < -0.39 is 0 Å². The Morgan fingerprint density at radius 1 is 1.07 bits per heavy atom. The first-order valence-corrected chi connectivity index (χ1v) is 9.73. The van der Waals surface area contributed by atoms with Gasteiger partial charge in [0.2, 0.25) is 11.8 Å². The molecule has 1 saturated heterocycles. The van der Waals surface area contributed by atoms with Gasteiger partial charge in [-0.1, -0.05) is 57.2 Å². The first-order valence-electron chi connectivity index (χ1n) is 9.73. The fourth-order valence-electron chi connectivity index (χ4n) is 3.40. The summed E-state index contributed by atoms with van der Waals surface area (Å²) in [6.07, 6.45) is 1.24. The lowest BCUT2D eigenvalue weighted by Crippen LogP contribution is -2.32. The largest absolute Gasteiger partial charge is 0.352 e. The molecule has 3 rings (SSSR count). The van der Waals surface area contributed by atoms with Crippen molar-refractivity contribution >= 4 is 17.5 Å². The van der Waals surface area contributed by atoms with E-state index in [-0.39, 0.29) is 24.2 Å². The van der Waals surface area contributed by atoms with E-state index in [0.717, 1.165) is 17.7 Å². The number of amides is 2. The van der Waals surface area contributed by atoms with Crippen LogP contribution in [0.2, 0.25) is 0 Å². The molecule has 0 saturated carbocycles. The molecule has 4 heteroatoms. The topological polar surface area (TPSA) is 49.4 Å². The number of carbonyl (C=O) groups excluding carboxylic acids is 2. The monoisotopic (exact) mass is 364 g/mol. The van der Waals surface area contributed by atoms with Crippen LogP contribution in [0, 0.1) is 5.92 Å². The summed E-state index contributed by atoms with van der Waals surface area (Å²) in [6.45, 7) is 7.37. The zero-order chi connectivity index (χ0) is 19.4. The molecule has 1 aliphatic rings. The molecule has 1 aliphatic heterocycles. The van der Waals surface area contributed by atoms with Gasteiger partial charge in [-0.2, -0.15) is 0 Å². The minimum absolute atomic E-state index is 0.0145. The van der Waals surface area contributed by atoms with Crippen molar-refractivity contribution in [1.82, 2.24) is 5.32 Å². The first kappa shape index (κ1) is 19.2. The highest BCUT2D eigenvalue weighted by atomic mass is 16.2. The maximum atomic E-state index is 12.5. The predicted octanol–water partition coefficient (Wildman–Crippen LogP) is 4.04. The number of anilines is 1. The number of carbonyl (C=O) groups is 2. The predicted molar refractivity (Wildman–Crippen MR) is 109 cm³/mol. The molecule has 1 heterocycles. The van der Waals surface area contributed by atoms with Crippen LogP contribution in [0.4, 0.5) is 5.69 Å². The Balaban J connectivity index is 1.56. The van der Waals surface area contributed by atoms with E-state index in [1.165, 1.54) is 11.1 Å². The SMILES string of the molecule is CCc1ccc(N2C[C@H](C(=O)NCc3ccc(C(C)C)cc3)CC2=O)cc1. The second-order valence-electron chi connectivity index (χ2n) is 7.54. The number of rotatable bonds is 6. The van der Waals surface area contributed by atoms with E-state index in [4.69, 9.17) is 0 Å². The molecule has 0 unspecified atom stereocenters. The van der Waals surface area contributed by atoms with E-state index in [1.807, 2.05) is 24.3 Å². The third-order valence-electron chi connectivity index (χ3n) is 5.27. The van der Waals surface area contributed by atoms with Crippen molar-refractivity contribution in [2.24, 2.45) is 5.92 Å². The maximum absolute atomic E-state index is 12.5. The zero-order valence-corrected chi connectivity index (χ0v) is 16.4. The van der Waals surface area contributed by atoms with Crippen molar-refractivity contribution < 1.29 is 9.59 Å². The zero-order valence-electron chi connectivity index (χ0n) is 16.4. The van der Waals surface area contributed by atoms with Crippen molar-refractivity contribution in [3.05, 3.63) is 65.2 Å². The number of nitrogens with one attached hydrogen (secondary N) is 1. The van der Waals surface area contributed by atoms with Gasteiger partial charge < -0.3 is 10.2 Å². The van der Waals surface area contributed by atoms with Crippen molar-refractivity contribution in [2.45, 2.75) is 46.1 Å². The molecule has 0 aliphatic carbocycles. The molecule has 1 atom stereocenters. The Bertz CT molecular complexity index is 794. The molecule has 142 valence electrons. The van der Waals surface area contributed by atoms with Gasteiger partial charge in [0.25, 0.3) is 0 Å². The van der Waals surface area contributed by atoms with Crippen molar-refractivity contribution in [3.8, 4) is 0 Å². The number of aryl methyl sites for hydroxylation is 1. The van der Waals surface area contributed by atoms with Gasteiger partial charge in [0.15, 0.2) is 0 Å². The van der Waals surface area contributed by atoms with E-state index >= 15 is 0 Å². The Hall–Kier alpha value is -2.62. The Morgan fingerprint density at radius 3 is 2.30 bits per heavy atom. The van der Waals surface area contributed by atoms with Crippen molar-refractivity contribution in [3.63, 3.8) is 0 Å². The summed E-state index contributed by atoms with van der Waals surface area (Å²) in [5.41, 5.74) is 4.47. The molecule has 2 aromatic carbocycles. The molecule has 0 aromatic heterocycles. The van der Waals surface area contributed by atoms with Crippen LogP contribution in [-0.4, -0.2) is 18.4 Å².